The zero-order chi connectivity index (χ0) is 14.7. The molecule has 2 heterocycles. The molecular formula is C14H11ClFNO3. The number of carboxylic acid groups (broad SMARTS) is 1. The number of carbonyl (C=O) groups is 1. The molecule has 0 radical (unpaired) electrons. The summed E-state index contributed by atoms with van der Waals surface area (Å²) in [4.78, 5) is 22.3. The smallest absolute Gasteiger partial charge is 0.341 e. The average molecular weight is 296 g/mol. The van der Waals surface area contributed by atoms with Crippen molar-refractivity contribution in [2.45, 2.75) is 24.6 Å². The van der Waals surface area contributed by atoms with E-state index in [1.165, 1.54) is 12.1 Å². The largest absolute Gasteiger partial charge is 0.477 e. The minimum Gasteiger partial charge on any atom is -0.477 e. The monoisotopic (exact) mass is 295 g/mol. The summed E-state index contributed by atoms with van der Waals surface area (Å²) in [5, 5.41) is 8.93. The fourth-order valence-electron chi connectivity index (χ4n) is 2.54. The first-order chi connectivity index (χ1) is 9.35. The van der Waals surface area contributed by atoms with Crippen LogP contribution in [0.25, 0.3) is 5.52 Å². The van der Waals surface area contributed by atoms with Crippen LogP contribution in [0.5, 0.6) is 0 Å². The number of halogens is 2. The Bertz CT molecular complexity index is 808. The maximum Gasteiger partial charge on any atom is 0.341 e. The SMILES string of the molecule is Cc1c(C2(Cl)CC2)c(F)cn2c(=O)c(C(=O)O)ccc12. The molecule has 0 atom stereocenters. The van der Waals surface area contributed by atoms with Crippen molar-refractivity contribution in [3.05, 3.63) is 51.2 Å². The van der Waals surface area contributed by atoms with Gasteiger partial charge in [-0.15, -0.1) is 11.6 Å². The second-order valence-electron chi connectivity index (χ2n) is 5.05. The Morgan fingerprint density at radius 1 is 1.45 bits per heavy atom. The summed E-state index contributed by atoms with van der Waals surface area (Å²) in [5.41, 5.74) is 0.320. The summed E-state index contributed by atoms with van der Waals surface area (Å²) in [7, 11) is 0. The lowest BCUT2D eigenvalue weighted by atomic mass is 10.0. The number of alkyl halides is 1. The van der Waals surface area contributed by atoms with Crippen molar-refractivity contribution in [3.63, 3.8) is 0 Å². The number of carboxylic acids is 1. The van der Waals surface area contributed by atoms with Crippen LogP contribution >= 0.6 is 11.6 Å². The van der Waals surface area contributed by atoms with Gasteiger partial charge in [-0.3, -0.25) is 9.20 Å². The van der Waals surface area contributed by atoms with Gasteiger partial charge in [0.1, 0.15) is 11.4 Å². The zero-order valence-electron chi connectivity index (χ0n) is 10.6. The Morgan fingerprint density at radius 2 is 2.10 bits per heavy atom. The molecule has 0 unspecified atom stereocenters. The van der Waals surface area contributed by atoms with Crippen molar-refractivity contribution in [3.8, 4) is 0 Å². The highest BCUT2D eigenvalue weighted by Crippen LogP contribution is 2.54. The molecule has 1 aliphatic carbocycles. The van der Waals surface area contributed by atoms with Crippen LogP contribution < -0.4 is 5.56 Å². The lowest BCUT2D eigenvalue weighted by Crippen LogP contribution is -2.23. The van der Waals surface area contributed by atoms with E-state index in [1.54, 1.807) is 6.92 Å². The molecule has 0 saturated heterocycles. The van der Waals surface area contributed by atoms with Crippen LogP contribution in [0, 0.1) is 12.7 Å². The van der Waals surface area contributed by atoms with Crippen molar-refractivity contribution < 1.29 is 14.3 Å². The standard InChI is InChI=1S/C14H11ClFNO3/c1-7-10-3-2-8(13(19)20)12(18)17(10)6-9(16)11(7)14(15)4-5-14/h2-3,6H,4-5H2,1H3,(H,19,20). The quantitative estimate of drug-likeness (QED) is 0.867. The molecular weight excluding hydrogens is 285 g/mol. The van der Waals surface area contributed by atoms with Crippen LogP contribution in [0.3, 0.4) is 0 Å². The van der Waals surface area contributed by atoms with Gasteiger partial charge in [-0.1, -0.05) is 0 Å². The van der Waals surface area contributed by atoms with Crippen molar-refractivity contribution >= 4 is 23.1 Å². The van der Waals surface area contributed by atoms with E-state index < -0.39 is 22.2 Å². The molecule has 1 N–H and O–H groups in total. The summed E-state index contributed by atoms with van der Waals surface area (Å²) in [6.07, 6.45) is 2.41. The van der Waals surface area contributed by atoms with Gasteiger partial charge in [0.25, 0.3) is 5.56 Å². The molecule has 3 rings (SSSR count). The number of nitrogens with zero attached hydrogens (tertiary/aromatic N) is 1. The van der Waals surface area contributed by atoms with Gasteiger partial charge >= 0.3 is 5.97 Å². The molecule has 6 heteroatoms. The molecule has 4 nitrogen and oxygen atoms in total. The van der Waals surface area contributed by atoms with E-state index in [9.17, 15) is 14.0 Å². The van der Waals surface area contributed by atoms with E-state index in [2.05, 4.69) is 0 Å². The number of fused-ring (bicyclic) bond motifs is 1. The van der Waals surface area contributed by atoms with Crippen LogP contribution in [0.15, 0.2) is 23.1 Å². The van der Waals surface area contributed by atoms with Crippen LogP contribution in [-0.2, 0) is 4.87 Å². The van der Waals surface area contributed by atoms with Crippen LogP contribution in [0.4, 0.5) is 4.39 Å². The Kier molecular flexibility index (Phi) is 2.66. The highest BCUT2D eigenvalue weighted by molar-refractivity contribution is 6.26. The van der Waals surface area contributed by atoms with Gasteiger partial charge in [-0.2, -0.15) is 0 Å². The molecule has 0 aliphatic heterocycles. The first kappa shape index (κ1) is 13.1. The van der Waals surface area contributed by atoms with Gasteiger partial charge in [-0.05, 0) is 37.5 Å². The zero-order valence-corrected chi connectivity index (χ0v) is 11.4. The van der Waals surface area contributed by atoms with Gasteiger partial charge < -0.3 is 5.11 Å². The second kappa shape index (κ2) is 4.06. The van der Waals surface area contributed by atoms with E-state index in [-0.39, 0.29) is 5.56 Å². The fourth-order valence-corrected chi connectivity index (χ4v) is 2.87. The normalized spacial score (nSPS) is 16.4. The van der Waals surface area contributed by atoms with Gasteiger partial charge in [-0.25, -0.2) is 9.18 Å². The summed E-state index contributed by atoms with van der Waals surface area (Å²) in [5.74, 6) is -1.91. The van der Waals surface area contributed by atoms with Gasteiger partial charge in [0.15, 0.2) is 0 Å². The third kappa shape index (κ3) is 1.73. The van der Waals surface area contributed by atoms with E-state index >= 15 is 0 Å². The molecule has 2 aromatic rings. The molecule has 0 aromatic carbocycles. The van der Waals surface area contributed by atoms with E-state index in [1.807, 2.05) is 0 Å². The van der Waals surface area contributed by atoms with Gasteiger partial charge in [0.05, 0.1) is 10.4 Å². The Labute approximate surface area is 118 Å². The third-order valence-electron chi connectivity index (χ3n) is 3.72. The summed E-state index contributed by atoms with van der Waals surface area (Å²) in [6.45, 7) is 1.69. The minimum atomic E-state index is -1.33. The molecule has 1 aliphatic rings. The maximum absolute atomic E-state index is 14.2. The predicted molar refractivity (Wildman–Crippen MR) is 72.1 cm³/mol. The molecule has 2 aromatic heterocycles. The van der Waals surface area contributed by atoms with Crippen LogP contribution in [0.1, 0.15) is 34.3 Å². The lowest BCUT2D eigenvalue weighted by Gasteiger charge is -2.15. The van der Waals surface area contributed by atoms with Gasteiger partial charge in [0, 0.05) is 11.8 Å². The minimum absolute atomic E-state index is 0.388. The van der Waals surface area contributed by atoms with E-state index in [0.717, 1.165) is 10.6 Å². The number of rotatable bonds is 2. The van der Waals surface area contributed by atoms with Gasteiger partial charge in [0.2, 0.25) is 0 Å². The highest BCUT2D eigenvalue weighted by atomic mass is 35.5. The molecule has 1 saturated carbocycles. The molecule has 104 valence electrons. The fraction of sp³-hybridized carbons (Fsp3) is 0.286. The van der Waals surface area contributed by atoms with Crippen molar-refractivity contribution in [2.24, 2.45) is 0 Å². The maximum atomic E-state index is 14.2. The number of hydrogen-bond acceptors (Lipinski definition) is 2. The lowest BCUT2D eigenvalue weighted by molar-refractivity contribution is 0.0694. The first-order valence-electron chi connectivity index (χ1n) is 6.12. The number of hydrogen-bond donors (Lipinski definition) is 1. The number of pyridine rings is 2. The number of aromatic carboxylic acids is 1. The highest BCUT2D eigenvalue weighted by Gasteiger charge is 2.45. The van der Waals surface area contributed by atoms with E-state index in [4.69, 9.17) is 16.7 Å². The van der Waals surface area contributed by atoms with Crippen molar-refractivity contribution in [1.29, 1.82) is 0 Å². The molecule has 0 bridgehead atoms. The summed E-state index contributed by atoms with van der Waals surface area (Å²) in [6, 6.07) is 2.74. The molecule has 0 spiro atoms. The van der Waals surface area contributed by atoms with Crippen LogP contribution in [-0.4, -0.2) is 15.5 Å². The topological polar surface area (TPSA) is 58.8 Å². The van der Waals surface area contributed by atoms with Crippen LogP contribution in [0.2, 0.25) is 0 Å². The summed E-state index contributed by atoms with van der Waals surface area (Å²) >= 11 is 6.28. The van der Waals surface area contributed by atoms with Crippen molar-refractivity contribution in [2.75, 3.05) is 0 Å². The predicted octanol–water partition coefficient (Wildman–Crippen LogP) is 2.67. The molecule has 20 heavy (non-hydrogen) atoms. The Morgan fingerprint density at radius 3 is 2.65 bits per heavy atom. The van der Waals surface area contributed by atoms with Crippen molar-refractivity contribution in [1.82, 2.24) is 4.40 Å². The summed E-state index contributed by atoms with van der Waals surface area (Å²) < 4.78 is 15.3. The average Bonchev–Trinajstić information content (AvgIpc) is 3.09. The van der Waals surface area contributed by atoms with E-state index in [0.29, 0.717) is 29.5 Å². The number of aryl methyl sites for hydroxylation is 1. The third-order valence-corrected chi connectivity index (χ3v) is 4.29. The number of aromatic nitrogens is 1. The first-order valence-corrected chi connectivity index (χ1v) is 6.50. The molecule has 1 fully saturated rings. The Hall–Kier alpha value is -1.88. The Balaban J connectivity index is 2.39. The molecule has 0 amide bonds. The second-order valence-corrected chi connectivity index (χ2v) is 5.78.